The summed E-state index contributed by atoms with van der Waals surface area (Å²) in [5, 5.41) is 0. The summed E-state index contributed by atoms with van der Waals surface area (Å²) in [6.45, 7) is 4.80. The van der Waals surface area contributed by atoms with Gasteiger partial charge in [0, 0.05) is 18.9 Å². The van der Waals surface area contributed by atoms with Crippen LogP contribution in [0.3, 0.4) is 0 Å². The van der Waals surface area contributed by atoms with Crippen molar-refractivity contribution in [3.05, 3.63) is 11.8 Å². The van der Waals surface area contributed by atoms with Gasteiger partial charge in [-0.25, -0.2) is 0 Å². The zero-order chi connectivity index (χ0) is 8.27. The number of rotatable bonds is 2. The van der Waals surface area contributed by atoms with E-state index in [0.29, 0.717) is 18.9 Å². The molecule has 0 aromatic rings. The molecule has 11 heavy (non-hydrogen) atoms. The van der Waals surface area contributed by atoms with Gasteiger partial charge < -0.3 is 4.74 Å². The maximum atomic E-state index is 10.9. The molecule has 0 aliphatic carbocycles. The Labute approximate surface area is 67.2 Å². The fourth-order valence-electron chi connectivity index (χ4n) is 1.10. The first-order chi connectivity index (χ1) is 5.18. The molecule has 1 heterocycles. The van der Waals surface area contributed by atoms with Crippen molar-refractivity contribution in [3.63, 3.8) is 0 Å². The molecule has 0 bridgehead atoms. The predicted octanol–water partition coefficient (Wildman–Crippen LogP) is 1.91. The highest BCUT2D eigenvalue weighted by atomic mass is 16.5. The lowest BCUT2D eigenvalue weighted by molar-refractivity contribution is -0.116. The van der Waals surface area contributed by atoms with Crippen molar-refractivity contribution in [1.82, 2.24) is 0 Å². The molecule has 0 amide bonds. The maximum absolute atomic E-state index is 10.9. The molecule has 0 saturated carbocycles. The van der Waals surface area contributed by atoms with Gasteiger partial charge in [-0.15, -0.1) is 0 Å². The van der Waals surface area contributed by atoms with E-state index in [1.807, 2.05) is 0 Å². The molecular weight excluding hydrogens is 140 g/mol. The lowest BCUT2D eigenvalue weighted by Crippen LogP contribution is -2.11. The molecule has 0 aromatic heterocycles. The fraction of sp³-hybridized carbons (Fsp3) is 0.667. The summed E-state index contributed by atoms with van der Waals surface area (Å²) >= 11 is 0. The molecular formula is C9H14O2. The van der Waals surface area contributed by atoms with Crippen LogP contribution in [0.4, 0.5) is 0 Å². The van der Waals surface area contributed by atoms with Gasteiger partial charge in [0.15, 0.2) is 5.78 Å². The van der Waals surface area contributed by atoms with Crippen LogP contribution in [0.5, 0.6) is 0 Å². The van der Waals surface area contributed by atoms with E-state index in [1.165, 1.54) is 0 Å². The van der Waals surface area contributed by atoms with Crippen LogP contribution < -0.4 is 0 Å². The first-order valence-electron chi connectivity index (χ1n) is 4.04. The maximum Gasteiger partial charge on any atom is 0.162 e. The summed E-state index contributed by atoms with van der Waals surface area (Å²) in [6.07, 6.45) is 3.05. The van der Waals surface area contributed by atoms with E-state index >= 15 is 0 Å². The van der Waals surface area contributed by atoms with E-state index in [-0.39, 0.29) is 5.78 Å². The minimum Gasteiger partial charge on any atom is -0.497 e. The minimum absolute atomic E-state index is 0.201. The lowest BCUT2D eigenvalue weighted by atomic mass is 10.1. The molecule has 1 rings (SSSR count). The summed E-state index contributed by atoms with van der Waals surface area (Å²) in [4.78, 5) is 10.9. The zero-order valence-electron chi connectivity index (χ0n) is 7.09. The second-order valence-corrected chi connectivity index (χ2v) is 3.27. The van der Waals surface area contributed by atoms with Gasteiger partial charge in [-0.2, -0.15) is 0 Å². The Morgan fingerprint density at radius 1 is 1.64 bits per heavy atom. The van der Waals surface area contributed by atoms with Crippen LogP contribution in [-0.4, -0.2) is 12.4 Å². The second kappa shape index (κ2) is 3.56. The fourth-order valence-corrected chi connectivity index (χ4v) is 1.10. The van der Waals surface area contributed by atoms with E-state index in [0.717, 1.165) is 12.2 Å². The normalized spacial score (nSPS) is 18.1. The van der Waals surface area contributed by atoms with E-state index < -0.39 is 0 Å². The van der Waals surface area contributed by atoms with Gasteiger partial charge in [-0.1, -0.05) is 13.8 Å². The third kappa shape index (κ3) is 2.74. The number of hydrogen-bond donors (Lipinski definition) is 0. The third-order valence-electron chi connectivity index (χ3n) is 1.57. The Morgan fingerprint density at radius 3 is 2.91 bits per heavy atom. The van der Waals surface area contributed by atoms with Gasteiger partial charge in [0.25, 0.3) is 0 Å². The van der Waals surface area contributed by atoms with Gasteiger partial charge in [0.2, 0.25) is 0 Å². The van der Waals surface area contributed by atoms with Crippen molar-refractivity contribution < 1.29 is 9.53 Å². The van der Waals surface area contributed by atoms with Crippen LogP contribution in [0, 0.1) is 5.92 Å². The number of ether oxygens (including phenoxy) is 1. The molecule has 2 heteroatoms. The van der Waals surface area contributed by atoms with Gasteiger partial charge in [-0.05, 0) is 5.92 Å². The average molecular weight is 154 g/mol. The van der Waals surface area contributed by atoms with Crippen molar-refractivity contribution in [3.8, 4) is 0 Å². The average Bonchev–Trinajstić information content (AvgIpc) is 1.85. The molecule has 0 aromatic carbocycles. The van der Waals surface area contributed by atoms with Crippen molar-refractivity contribution in [2.75, 3.05) is 6.61 Å². The summed E-state index contributed by atoms with van der Waals surface area (Å²) in [5.74, 6) is 1.62. The summed E-state index contributed by atoms with van der Waals surface area (Å²) in [5.41, 5.74) is 0. The van der Waals surface area contributed by atoms with Gasteiger partial charge in [0.05, 0.1) is 12.4 Å². The molecule has 2 nitrogen and oxygen atoms in total. The number of allylic oxidation sites excluding steroid dienone is 2. The van der Waals surface area contributed by atoms with Crippen LogP contribution in [0.15, 0.2) is 11.8 Å². The SMILES string of the molecule is CC(C)CC1=CC(=O)CCO1. The van der Waals surface area contributed by atoms with E-state index in [9.17, 15) is 4.79 Å². The number of carbonyl (C=O) groups is 1. The lowest BCUT2D eigenvalue weighted by Gasteiger charge is -2.15. The molecule has 0 saturated heterocycles. The minimum atomic E-state index is 0.201. The first-order valence-corrected chi connectivity index (χ1v) is 4.04. The first kappa shape index (κ1) is 8.31. The highest BCUT2D eigenvalue weighted by Crippen LogP contribution is 2.15. The number of ketones is 1. The largest absolute Gasteiger partial charge is 0.497 e. The predicted molar refractivity (Wildman–Crippen MR) is 43.1 cm³/mol. The Bertz CT molecular complexity index is 180. The van der Waals surface area contributed by atoms with Crippen LogP contribution in [0.25, 0.3) is 0 Å². The van der Waals surface area contributed by atoms with Crippen LogP contribution in [0.2, 0.25) is 0 Å². The summed E-state index contributed by atoms with van der Waals surface area (Å²) < 4.78 is 5.30. The third-order valence-corrected chi connectivity index (χ3v) is 1.57. The summed E-state index contributed by atoms with van der Waals surface area (Å²) in [7, 11) is 0. The van der Waals surface area contributed by atoms with Gasteiger partial charge in [0.1, 0.15) is 0 Å². The van der Waals surface area contributed by atoms with Gasteiger partial charge >= 0.3 is 0 Å². The molecule has 0 unspecified atom stereocenters. The van der Waals surface area contributed by atoms with Crippen LogP contribution in [0.1, 0.15) is 26.7 Å². The molecule has 62 valence electrons. The monoisotopic (exact) mass is 154 g/mol. The Morgan fingerprint density at radius 2 is 2.36 bits per heavy atom. The molecule has 0 N–H and O–H groups in total. The van der Waals surface area contributed by atoms with E-state index in [1.54, 1.807) is 6.08 Å². The Balaban J connectivity index is 2.50. The standard InChI is InChI=1S/C9H14O2/c1-7(2)5-9-6-8(10)3-4-11-9/h6-7H,3-5H2,1-2H3. The molecule has 0 spiro atoms. The van der Waals surface area contributed by atoms with Crippen molar-refractivity contribution in [2.24, 2.45) is 5.92 Å². The topological polar surface area (TPSA) is 26.3 Å². The smallest absolute Gasteiger partial charge is 0.162 e. The number of carbonyl (C=O) groups excluding carboxylic acids is 1. The molecule has 0 radical (unpaired) electrons. The second-order valence-electron chi connectivity index (χ2n) is 3.27. The highest BCUT2D eigenvalue weighted by Gasteiger charge is 2.11. The Hall–Kier alpha value is -0.790. The number of hydrogen-bond acceptors (Lipinski definition) is 2. The van der Waals surface area contributed by atoms with Crippen molar-refractivity contribution in [2.45, 2.75) is 26.7 Å². The quantitative estimate of drug-likeness (QED) is 0.607. The van der Waals surface area contributed by atoms with Crippen LogP contribution in [-0.2, 0) is 9.53 Å². The molecule has 1 aliphatic rings. The zero-order valence-corrected chi connectivity index (χ0v) is 7.09. The van der Waals surface area contributed by atoms with Crippen molar-refractivity contribution >= 4 is 5.78 Å². The highest BCUT2D eigenvalue weighted by molar-refractivity contribution is 5.90. The van der Waals surface area contributed by atoms with Gasteiger partial charge in [-0.3, -0.25) is 4.79 Å². The van der Waals surface area contributed by atoms with E-state index in [4.69, 9.17) is 4.74 Å². The van der Waals surface area contributed by atoms with E-state index in [2.05, 4.69) is 13.8 Å². The summed E-state index contributed by atoms with van der Waals surface area (Å²) in [6, 6.07) is 0. The van der Waals surface area contributed by atoms with Crippen molar-refractivity contribution in [1.29, 1.82) is 0 Å². The Kier molecular flexibility index (Phi) is 2.69. The molecule has 0 atom stereocenters. The molecule has 0 fully saturated rings. The molecule has 1 aliphatic heterocycles. The van der Waals surface area contributed by atoms with Crippen LogP contribution >= 0.6 is 0 Å².